The first-order chi connectivity index (χ1) is 15.1. The minimum atomic E-state index is -3.20. The van der Waals surface area contributed by atoms with Crippen molar-refractivity contribution in [2.45, 2.75) is 26.0 Å². The summed E-state index contributed by atoms with van der Waals surface area (Å²) in [5.41, 5.74) is 0.223. The molecular weight excluding hydrogens is 452 g/mol. The van der Waals surface area contributed by atoms with Gasteiger partial charge in [-0.05, 0) is 25.5 Å². The van der Waals surface area contributed by atoms with Gasteiger partial charge in [-0.15, -0.1) is 0 Å². The third-order valence-corrected chi connectivity index (χ3v) is 6.39. The third-order valence-electron chi connectivity index (χ3n) is 4.64. The van der Waals surface area contributed by atoms with Gasteiger partial charge in [0.05, 0.1) is 30.4 Å². The molecule has 1 atom stereocenters. The van der Waals surface area contributed by atoms with Crippen molar-refractivity contribution in [1.82, 2.24) is 9.78 Å². The average Bonchev–Trinajstić information content (AvgIpc) is 3.26. The van der Waals surface area contributed by atoms with Crippen LogP contribution in [-0.2, 0) is 19.4 Å². The molecule has 0 spiro atoms. The number of ether oxygens (including phenoxy) is 3. The van der Waals surface area contributed by atoms with E-state index >= 15 is 0 Å². The first-order valence-electron chi connectivity index (χ1n) is 9.45. The number of aryl methyl sites for hydroxylation is 1. The van der Waals surface area contributed by atoms with Crippen molar-refractivity contribution in [2.24, 2.45) is 0 Å². The number of methoxy groups -OCH3 is 1. The molecule has 0 aliphatic carbocycles. The van der Waals surface area contributed by atoms with Gasteiger partial charge in [0.15, 0.2) is 27.9 Å². The number of carbonyl (C=O) groups is 2. The topological polar surface area (TPSA) is 126 Å². The molecule has 0 saturated carbocycles. The quantitative estimate of drug-likeness (QED) is 0.577. The molecule has 174 valence electrons. The molecule has 10 nitrogen and oxygen atoms in total. The van der Waals surface area contributed by atoms with Gasteiger partial charge in [-0.1, -0.05) is 6.07 Å². The van der Waals surface area contributed by atoms with Crippen LogP contribution >= 0.6 is 0 Å². The molecule has 1 amide bonds. The van der Waals surface area contributed by atoms with Gasteiger partial charge in [-0.25, -0.2) is 17.9 Å². The lowest BCUT2D eigenvalue weighted by Crippen LogP contribution is -2.24. The first-order valence-corrected chi connectivity index (χ1v) is 11.3. The van der Waals surface area contributed by atoms with Crippen LogP contribution in [0, 0.1) is 6.92 Å². The second-order valence-corrected chi connectivity index (χ2v) is 9.24. The van der Waals surface area contributed by atoms with Crippen molar-refractivity contribution in [3.63, 3.8) is 0 Å². The van der Waals surface area contributed by atoms with Crippen molar-refractivity contribution in [1.29, 1.82) is 0 Å². The summed E-state index contributed by atoms with van der Waals surface area (Å²) >= 11 is 0. The van der Waals surface area contributed by atoms with Gasteiger partial charge in [-0.2, -0.15) is 13.9 Å². The maximum absolute atomic E-state index is 12.7. The van der Waals surface area contributed by atoms with Crippen LogP contribution in [-0.4, -0.2) is 61.9 Å². The number of hydrogen-bond donors (Lipinski definition) is 1. The number of nitrogens with zero attached hydrogens (tertiary/aromatic N) is 2. The number of anilines is 1. The molecule has 32 heavy (non-hydrogen) atoms. The fraction of sp³-hybridized carbons (Fsp3) is 0.421. The summed E-state index contributed by atoms with van der Waals surface area (Å²) in [5.74, 6) is -2.20. The lowest BCUT2D eigenvalue weighted by molar-refractivity contribution is -0.119. The molecule has 1 aliphatic heterocycles. The van der Waals surface area contributed by atoms with Crippen LogP contribution in [0.1, 0.15) is 28.5 Å². The zero-order valence-corrected chi connectivity index (χ0v) is 18.0. The number of esters is 1. The van der Waals surface area contributed by atoms with Crippen molar-refractivity contribution in [2.75, 3.05) is 30.5 Å². The van der Waals surface area contributed by atoms with Crippen LogP contribution in [0.3, 0.4) is 0 Å². The molecular formula is C19H21F2N3O7S. The van der Waals surface area contributed by atoms with E-state index in [0.717, 1.165) is 0 Å². The Kier molecular flexibility index (Phi) is 6.96. The molecule has 1 aliphatic rings. The Morgan fingerprint density at radius 3 is 2.72 bits per heavy atom. The Balaban J connectivity index is 1.67. The molecule has 2 aromatic rings. The number of aromatic nitrogens is 2. The Labute approximate surface area is 182 Å². The number of halogens is 2. The minimum absolute atomic E-state index is 0.0329. The minimum Gasteiger partial charge on any atom is -0.493 e. The van der Waals surface area contributed by atoms with Gasteiger partial charge in [0.25, 0.3) is 5.91 Å². The van der Waals surface area contributed by atoms with Crippen LogP contribution in [0.2, 0.25) is 0 Å². The molecule has 1 fully saturated rings. The lowest BCUT2D eigenvalue weighted by Gasteiger charge is -2.15. The van der Waals surface area contributed by atoms with Gasteiger partial charge >= 0.3 is 12.6 Å². The Hall–Kier alpha value is -3.22. The van der Waals surface area contributed by atoms with Crippen LogP contribution in [0.4, 0.5) is 14.6 Å². The highest BCUT2D eigenvalue weighted by molar-refractivity contribution is 7.91. The number of para-hydroxylation sites is 1. The Bertz CT molecular complexity index is 1120. The molecule has 0 radical (unpaired) electrons. The van der Waals surface area contributed by atoms with Gasteiger partial charge in [0.2, 0.25) is 0 Å². The summed E-state index contributed by atoms with van der Waals surface area (Å²) in [6, 6.07) is 5.04. The van der Waals surface area contributed by atoms with Crippen LogP contribution in [0.25, 0.3) is 0 Å². The molecule has 2 heterocycles. The normalized spacial score (nSPS) is 17.2. The van der Waals surface area contributed by atoms with Gasteiger partial charge in [0.1, 0.15) is 11.4 Å². The second-order valence-electron chi connectivity index (χ2n) is 7.01. The highest BCUT2D eigenvalue weighted by atomic mass is 32.2. The molecule has 3 rings (SSSR count). The lowest BCUT2D eigenvalue weighted by atomic mass is 10.2. The second kappa shape index (κ2) is 9.51. The van der Waals surface area contributed by atoms with E-state index in [1.165, 1.54) is 30.0 Å². The third kappa shape index (κ3) is 5.52. The molecule has 1 N–H and O–H groups in total. The fourth-order valence-corrected chi connectivity index (χ4v) is 4.98. The summed E-state index contributed by atoms with van der Waals surface area (Å²) in [6.07, 6.45) is 0.365. The predicted molar refractivity (Wildman–Crippen MR) is 108 cm³/mol. The molecule has 1 unspecified atom stereocenters. The summed E-state index contributed by atoms with van der Waals surface area (Å²) in [7, 11) is -1.95. The maximum Gasteiger partial charge on any atom is 0.387 e. The Morgan fingerprint density at radius 2 is 2.09 bits per heavy atom. The number of nitrogens with one attached hydrogen (secondary N) is 1. The summed E-state index contributed by atoms with van der Waals surface area (Å²) in [4.78, 5) is 24.7. The molecule has 0 bridgehead atoms. The van der Waals surface area contributed by atoms with Crippen LogP contribution in [0.5, 0.6) is 11.5 Å². The number of rotatable bonds is 8. The highest BCUT2D eigenvalue weighted by Crippen LogP contribution is 2.33. The number of alkyl halides is 2. The number of sulfone groups is 1. The van der Waals surface area contributed by atoms with E-state index in [-0.39, 0.29) is 28.6 Å². The number of amides is 1. The largest absolute Gasteiger partial charge is 0.493 e. The molecule has 1 aromatic heterocycles. The number of carbonyl (C=O) groups excluding carboxylic acids is 2. The van der Waals surface area contributed by atoms with Crippen molar-refractivity contribution < 1.29 is 41.0 Å². The average molecular weight is 473 g/mol. The summed E-state index contributed by atoms with van der Waals surface area (Å²) in [6.45, 7) is -2.25. The smallest absolute Gasteiger partial charge is 0.387 e. The summed E-state index contributed by atoms with van der Waals surface area (Å²) < 4.78 is 64.6. The standard InChI is InChI=1S/C19H21F2N3O7S/c1-11-8-15(24(23-11)12-6-7-32(27,28)10-12)22-16(25)9-30-18(26)13-4-3-5-14(29-2)17(13)31-19(20)21/h3-5,8,12,19H,6-7,9-10H2,1-2H3,(H,22,25). The van der Waals surface area contributed by atoms with E-state index in [1.807, 2.05) is 0 Å². The molecule has 13 heteroatoms. The van der Waals surface area contributed by atoms with Crippen molar-refractivity contribution in [3.05, 3.63) is 35.5 Å². The van der Waals surface area contributed by atoms with E-state index in [4.69, 9.17) is 9.47 Å². The molecule has 1 saturated heterocycles. The Morgan fingerprint density at radius 1 is 1.34 bits per heavy atom. The van der Waals surface area contributed by atoms with E-state index in [0.29, 0.717) is 12.1 Å². The maximum atomic E-state index is 12.7. The van der Waals surface area contributed by atoms with E-state index in [1.54, 1.807) is 13.0 Å². The summed E-state index contributed by atoms with van der Waals surface area (Å²) in [5, 5.41) is 6.77. The van der Waals surface area contributed by atoms with Crippen LogP contribution < -0.4 is 14.8 Å². The molecule has 1 aromatic carbocycles. The van der Waals surface area contributed by atoms with Crippen molar-refractivity contribution in [3.8, 4) is 11.5 Å². The van der Waals surface area contributed by atoms with Gasteiger partial charge in [-0.3, -0.25) is 4.79 Å². The van der Waals surface area contributed by atoms with E-state index < -0.39 is 46.7 Å². The first kappa shape index (κ1) is 23.4. The monoisotopic (exact) mass is 473 g/mol. The van der Waals surface area contributed by atoms with E-state index in [2.05, 4.69) is 15.2 Å². The van der Waals surface area contributed by atoms with Gasteiger partial charge in [0, 0.05) is 6.07 Å². The van der Waals surface area contributed by atoms with Gasteiger partial charge < -0.3 is 19.5 Å². The number of benzene rings is 1. The SMILES string of the molecule is COc1cccc(C(=O)OCC(=O)Nc2cc(C)nn2C2CCS(=O)(=O)C2)c1OC(F)F. The zero-order chi connectivity index (χ0) is 23.5. The highest BCUT2D eigenvalue weighted by Gasteiger charge is 2.31. The fourth-order valence-electron chi connectivity index (χ4n) is 3.29. The van der Waals surface area contributed by atoms with Crippen molar-refractivity contribution >= 4 is 27.5 Å². The van der Waals surface area contributed by atoms with E-state index in [9.17, 15) is 26.8 Å². The predicted octanol–water partition coefficient (Wildman–Crippen LogP) is 1.96. The van der Waals surface area contributed by atoms with Crippen LogP contribution in [0.15, 0.2) is 24.3 Å². The zero-order valence-electron chi connectivity index (χ0n) is 17.2. The number of hydrogen-bond acceptors (Lipinski definition) is 8.